The molecule has 2 rings (SSSR count). The fraction of sp³-hybridized carbons (Fsp3) is 0.429. The van der Waals surface area contributed by atoms with Crippen LogP contribution in [0.5, 0.6) is 5.75 Å². The zero-order valence-corrected chi connectivity index (χ0v) is 13.1. The average molecular weight is 339 g/mol. The van der Waals surface area contributed by atoms with E-state index in [4.69, 9.17) is 10.5 Å². The van der Waals surface area contributed by atoms with Crippen LogP contribution in [-0.4, -0.2) is 21.3 Å². The van der Waals surface area contributed by atoms with E-state index in [1.807, 2.05) is 22.9 Å². The van der Waals surface area contributed by atoms with Crippen molar-refractivity contribution in [2.75, 3.05) is 6.54 Å². The first kappa shape index (κ1) is 15.0. The highest BCUT2D eigenvalue weighted by Crippen LogP contribution is 2.24. The lowest BCUT2D eigenvalue weighted by Gasteiger charge is -2.11. The first-order valence-electron chi connectivity index (χ1n) is 6.72. The lowest BCUT2D eigenvalue weighted by atomic mass is 10.1. The summed E-state index contributed by atoms with van der Waals surface area (Å²) in [4.78, 5) is 4.24. The predicted molar refractivity (Wildman–Crippen MR) is 81.5 cm³/mol. The zero-order chi connectivity index (χ0) is 14.4. The number of rotatable bonds is 7. The van der Waals surface area contributed by atoms with E-state index in [-0.39, 0.29) is 0 Å². The van der Waals surface area contributed by atoms with E-state index in [2.05, 4.69) is 32.9 Å². The molecular weight excluding hydrogens is 320 g/mol. The fourth-order valence-electron chi connectivity index (χ4n) is 1.98. The summed E-state index contributed by atoms with van der Waals surface area (Å²) in [7, 11) is 0. The van der Waals surface area contributed by atoms with Gasteiger partial charge in [-0.3, -0.25) is 0 Å². The molecule has 20 heavy (non-hydrogen) atoms. The van der Waals surface area contributed by atoms with Gasteiger partial charge in [-0.05, 0) is 43.1 Å². The van der Waals surface area contributed by atoms with Crippen LogP contribution in [0.4, 0.5) is 0 Å². The lowest BCUT2D eigenvalue weighted by Crippen LogP contribution is -2.10. The lowest BCUT2D eigenvalue weighted by molar-refractivity contribution is 0.283. The summed E-state index contributed by atoms with van der Waals surface area (Å²) in [5.74, 6) is 1.69. The SMILES string of the molecule is CCCn1ncnc1COc1ccc(Br)cc1CCN. The smallest absolute Gasteiger partial charge is 0.164 e. The molecule has 0 spiro atoms. The summed E-state index contributed by atoms with van der Waals surface area (Å²) in [5, 5.41) is 4.19. The Bertz CT molecular complexity index is 556. The monoisotopic (exact) mass is 338 g/mol. The second-order valence-corrected chi connectivity index (χ2v) is 5.39. The van der Waals surface area contributed by atoms with Crippen molar-refractivity contribution in [3.63, 3.8) is 0 Å². The van der Waals surface area contributed by atoms with E-state index in [1.165, 1.54) is 0 Å². The number of aryl methyl sites for hydroxylation is 1. The van der Waals surface area contributed by atoms with Gasteiger partial charge in [-0.15, -0.1) is 0 Å². The van der Waals surface area contributed by atoms with Crippen LogP contribution in [0.3, 0.4) is 0 Å². The molecule has 0 bridgehead atoms. The molecule has 0 aliphatic rings. The standard InChI is InChI=1S/C14H19BrN4O/c1-2-7-19-14(17-10-18-19)9-20-13-4-3-12(15)8-11(13)5-6-16/h3-4,8,10H,2,5-7,9,16H2,1H3. The minimum absolute atomic E-state index is 0.416. The minimum Gasteiger partial charge on any atom is -0.485 e. The van der Waals surface area contributed by atoms with Crippen molar-refractivity contribution in [2.24, 2.45) is 5.73 Å². The van der Waals surface area contributed by atoms with Crippen LogP contribution in [0.1, 0.15) is 24.7 Å². The van der Waals surface area contributed by atoms with E-state index >= 15 is 0 Å². The largest absolute Gasteiger partial charge is 0.485 e. The Morgan fingerprint density at radius 2 is 2.25 bits per heavy atom. The molecule has 0 fully saturated rings. The van der Waals surface area contributed by atoms with Crippen molar-refractivity contribution in [3.05, 3.63) is 40.4 Å². The molecule has 0 amide bonds. The van der Waals surface area contributed by atoms with Gasteiger partial charge >= 0.3 is 0 Å². The number of hydrogen-bond acceptors (Lipinski definition) is 4. The maximum absolute atomic E-state index is 5.88. The highest BCUT2D eigenvalue weighted by molar-refractivity contribution is 9.10. The Morgan fingerprint density at radius 1 is 1.40 bits per heavy atom. The Morgan fingerprint density at radius 3 is 3.00 bits per heavy atom. The first-order chi connectivity index (χ1) is 9.74. The molecule has 1 aromatic heterocycles. The van der Waals surface area contributed by atoms with Crippen LogP contribution in [0.15, 0.2) is 29.0 Å². The van der Waals surface area contributed by atoms with Gasteiger partial charge < -0.3 is 10.5 Å². The normalized spacial score (nSPS) is 10.8. The molecule has 5 nitrogen and oxygen atoms in total. The highest BCUT2D eigenvalue weighted by Gasteiger charge is 2.08. The van der Waals surface area contributed by atoms with Crippen molar-refractivity contribution in [2.45, 2.75) is 32.9 Å². The first-order valence-corrected chi connectivity index (χ1v) is 7.52. The van der Waals surface area contributed by atoms with Crippen molar-refractivity contribution >= 4 is 15.9 Å². The quantitative estimate of drug-likeness (QED) is 0.842. The third kappa shape index (κ3) is 3.80. The number of benzene rings is 1. The highest BCUT2D eigenvalue weighted by atomic mass is 79.9. The summed E-state index contributed by atoms with van der Waals surface area (Å²) in [6.45, 7) is 3.98. The molecule has 2 aromatic rings. The summed E-state index contributed by atoms with van der Waals surface area (Å²) < 4.78 is 8.78. The maximum atomic E-state index is 5.88. The van der Waals surface area contributed by atoms with Gasteiger partial charge in [0, 0.05) is 11.0 Å². The van der Waals surface area contributed by atoms with Crippen molar-refractivity contribution in [1.82, 2.24) is 14.8 Å². The summed E-state index contributed by atoms with van der Waals surface area (Å²) in [6, 6.07) is 5.96. The molecule has 1 heterocycles. The Kier molecular flexibility index (Phi) is 5.55. The molecule has 0 aliphatic heterocycles. The molecule has 0 radical (unpaired) electrons. The summed E-state index contributed by atoms with van der Waals surface area (Å²) >= 11 is 3.47. The van der Waals surface area contributed by atoms with Crippen LogP contribution in [-0.2, 0) is 19.6 Å². The van der Waals surface area contributed by atoms with Crippen LogP contribution >= 0.6 is 15.9 Å². The topological polar surface area (TPSA) is 66.0 Å². The summed E-state index contributed by atoms with van der Waals surface area (Å²) in [6.07, 6.45) is 3.38. The molecule has 108 valence electrons. The number of aromatic nitrogens is 3. The van der Waals surface area contributed by atoms with Gasteiger partial charge in [-0.2, -0.15) is 5.10 Å². The molecule has 0 saturated carbocycles. The third-order valence-corrected chi connectivity index (χ3v) is 3.42. The van der Waals surface area contributed by atoms with Gasteiger partial charge in [0.05, 0.1) is 0 Å². The Hall–Kier alpha value is -1.40. The second-order valence-electron chi connectivity index (χ2n) is 4.48. The molecule has 0 atom stereocenters. The van der Waals surface area contributed by atoms with Gasteiger partial charge in [0.25, 0.3) is 0 Å². The van der Waals surface area contributed by atoms with Crippen molar-refractivity contribution in [1.29, 1.82) is 0 Å². The molecule has 6 heteroatoms. The van der Waals surface area contributed by atoms with E-state index in [0.717, 1.165) is 41.0 Å². The third-order valence-electron chi connectivity index (χ3n) is 2.92. The van der Waals surface area contributed by atoms with E-state index in [9.17, 15) is 0 Å². The summed E-state index contributed by atoms with van der Waals surface area (Å²) in [5.41, 5.74) is 6.74. The number of nitrogens with zero attached hydrogens (tertiary/aromatic N) is 3. The molecule has 1 aromatic carbocycles. The minimum atomic E-state index is 0.416. The van der Waals surface area contributed by atoms with E-state index in [1.54, 1.807) is 6.33 Å². The number of halogens is 1. The van der Waals surface area contributed by atoms with Gasteiger partial charge in [0.15, 0.2) is 5.82 Å². The van der Waals surface area contributed by atoms with Crippen LogP contribution in [0, 0.1) is 0 Å². The second kappa shape index (κ2) is 7.40. The molecular formula is C14H19BrN4O. The van der Waals surface area contributed by atoms with Gasteiger partial charge in [-0.1, -0.05) is 22.9 Å². The van der Waals surface area contributed by atoms with Crippen LogP contribution in [0.25, 0.3) is 0 Å². The average Bonchev–Trinajstić information content (AvgIpc) is 2.86. The molecule has 0 saturated heterocycles. The number of hydrogen-bond donors (Lipinski definition) is 1. The van der Waals surface area contributed by atoms with Crippen molar-refractivity contribution in [3.8, 4) is 5.75 Å². The predicted octanol–water partition coefficient (Wildman–Crippen LogP) is 2.53. The van der Waals surface area contributed by atoms with Gasteiger partial charge in [0.2, 0.25) is 0 Å². The molecule has 2 N–H and O–H groups in total. The number of ether oxygens (including phenoxy) is 1. The van der Waals surface area contributed by atoms with Crippen LogP contribution in [0.2, 0.25) is 0 Å². The zero-order valence-electron chi connectivity index (χ0n) is 11.6. The van der Waals surface area contributed by atoms with Crippen molar-refractivity contribution < 1.29 is 4.74 Å². The molecule has 0 unspecified atom stereocenters. The Balaban J connectivity index is 2.08. The van der Waals surface area contributed by atoms with Gasteiger partial charge in [-0.25, -0.2) is 9.67 Å². The maximum Gasteiger partial charge on any atom is 0.164 e. The van der Waals surface area contributed by atoms with E-state index < -0.39 is 0 Å². The number of nitrogens with two attached hydrogens (primary N) is 1. The molecule has 0 aliphatic carbocycles. The fourth-order valence-corrected chi connectivity index (χ4v) is 2.39. The van der Waals surface area contributed by atoms with E-state index in [0.29, 0.717) is 13.2 Å². The van der Waals surface area contributed by atoms with Crippen LogP contribution < -0.4 is 10.5 Å². The van der Waals surface area contributed by atoms with Gasteiger partial charge in [0.1, 0.15) is 18.7 Å². The Labute approximate surface area is 127 Å².